The number of amides is 4. The molecule has 294 valence electrons. The zero-order valence-electron chi connectivity index (χ0n) is 31.1. The van der Waals surface area contributed by atoms with Crippen molar-refractivity contribution in [1.29, 1.82) is 0 Å². The summed E-state index contributed by atoms with van der Waals surface area (Å²) >= 11 is 13.7. The number of phenolic OH excluding ortho intramolecular Hbond substituents is 1. The molecule has 6 atom stereocenters. The highest BCUT2D eigenvalue weighted by Crippen LogP contribution is 2.66. The highest BCUT2D eigenvalue weighted by atomic mass is 79.9. The third kappa shape index (κ3) is 5.45. The zero-order valence-corrected chi connectivity index (χ0v) is 35.1. The van der Waals surface area contributed by atoms with Gasteiger partial charge in [-0.3, -0.25) is 24.1 Å². The molecule has 4 aliphatic rings. The Morgan fingerprint density at radius 1 is 0.814 bits per heavy atom. The van der Waals surface area contributed by atoms with Crippen molar-refractivity contribution in [1.82, 2.24) is 4.98 Å². The maximum absolute atomic E-state index is 15.6. The fourth-order valence-electron chi connectivity index (χ4n) is 10.1. The van der Waals surface area contributed by atoms with Gasteiger partial charge >= 0.3 is 0 Å². The second-order valence-electron chi connectivity index (χ2n) is 15.3. The van der Waals surface area contributed by atoms with Gasteiger partial charge in [0.1, 0.15) is 5.52 Å². The number of para-hydroxylation sites is 2. The molecular formula is C46H32Br2ClN3O7. The molecule has 0 bridgehead atoms. The summed E-state index contributed by atoms with van der Waals surface area (Å²) in [5.41, 5.74) is 3.21. The van der Waals surface area contributed by atoms with Crippen LogP contribution in [0.15, 0.2) is 134 Å². The number of oxazole rings is 1. The first kappa shape index (κ1) is 37.7. The molecule has 5 aromatic carbocycles. The van der Waals surface area contributed by atoms with Gasteiger partial charge in [-0.25, -0.2) is 9.88 Å². The Morgan fingerprint density at radius 3 is 2.29 bits per heavy atom. The first-order valence-corrected chi connectivity index (χ1v) is 21.0. The Hall–Kier alpha value is -5.56. The normalized spacial score (nSPS) is 24.9. The van der Waals surface area contributed by atoms with E-state index in [1.807, 2.05) is 60.7 Å². The highest BCUT2D eigenvalue weighted by Gasteiger charge is 2.70. The topological polar surface area (TPSA) is 130 Å². The van der Waals surface area contributed by atoms with E-state index in [0.29, 0.717) is 59.0 Å². The van der Waals surface area contributed by atoms with E-state index in [9.17, 15) is 14.7 Å². The minimum absolute atomic E-state index is 0.123. The molecule has 10 nitrogen and oxygen atoms in total. The summed E-state index contributed by atoms with van der Waals surface area (Å²) in [5, 5.41) is 11.5. The molecular weight excluding hydrogens is 902 g/mol. The maximum atomic E-state index is 15.6. The fraction of sp³-hybridized carbons (Fsp3) is 0.196. The number of methoxy groups -OCH3 is 1. The van der Waals surface area contributed by atoms with Gasteiger partial charge in [0.2, 0.25) is 29.5 Å². The molecule has 2 aliphatic carbocycles. The van der Waals surface area contributed by atoms with Crippen molar-refractivity contribution in [3.8, 4) is 23.0 Å². The number of ether oxygens (including phenoxy) is 1. The number of hydrogen-bond donors (Lipinski definition) is 1. The van der Waals surface area contributed by atoms with Crippen LogP contribution in [0.25, 0.3) is 22.6 Å². The van der Waals surface area contributed by atoms with Crippen LogP contribution in [0, 0.1) is 23.7 Å². The molecule has 2 aliphatic heterocycles. The van der Waals surface area contributed by atoms with E-state index in [0.717, 1.165) is 5.57 Å². The quantitative estimate of drug-likeness (QED) is 0.129. The van der Waals surface area contributed by atoms with Crippen molar-refractivity contribution < 1.29 is 33.4 Å². The Morgan fingerprint density at radius 2 is 1.56 bits per heavy atom. The number of carbonyl (C=O) groups is 4. The monoisotopic (exact) mass is 931 g/mol. The number of benzene rings is 5. The molecule has 0 radical (unpaired) electrons. The van der Waals surface area contributed by atoms with Crippen LogP contribution in [0.4, 0.5) is 11.4 Å². The largest absolute Gasteiger partial charge is 0.503 e. The van der Waals surface area contributed by atoms with Gasteiger partial charge in [-0.2, -0.15) is 0 Å². The van der Waals surface area contributed by atoms with Gasteiger partial charge in [-0.05, 0) is 122 Å². The molecule has 13 heteroatoms. The second kappa shape index (κ2) is 14.0. The molecule has 10 rings (SSSR count). The highest BCUT2D eigenvalue weighted by molar-refractivity contribution is 9.13. The van der Waals surface area contributed by atoms with Crippen LogP contribution in [-0.2, 0) is 24.6 Å². The van der Waals surface area contributed by atoms with Crippen LogP contribution >= 0.6 is 43.5 Å². The maximum Gasteiger partial charge on any atom is 0.246 e. The van der Waals surface area contributed by atoms with E-state index in [1.54, 1.807) is 54.6 Å². The standard InChI is InChI=1S/C46H32Br2ClN3O7/c1-58-35-22-31(38(47)39(48)40(35)53)37-28-18-19-29-36(44(56)51(42(29)54)26-16-14-23(15-17-26)41-50-33-12-5-6-13-34(33)59-41)30(28)21-32-43(55)52(27-11-7-10-25(49)20-27)45(57)46(32,37)24-8-3-2-4-9-24/h2-18,20,22,29-30,32,36-37,53H,19,21H2,1H3/t29-,30+,32-,36-,37+,46+/m0/s1. The first-order chi connectivity index (χ1) is 28.5. The molecule has 6 aromatic rings. The zero-order chi connectivity index (χ0) is 40.9. The summed E-state index contributed by atoms with van der Waals surface area (Å²) in [6, 6.07) is 32.0. The van der Waals surface area contributed by atoms with Crippen LogP contribution in [0.3, 0.4) is 0 Å². The number of fused-ring (bicyclic) bond motifs is 5. The molecule has 59 heavy (non-hydrogen) atoms. The summed E-state index contributed by atoms with van der Waals surface area (Å²) < 4.78 is 12.4. The Labute approximate surface area is 359 Å². The molecule has 1 N–H and O–H groups in total. The number of rotatable bonds is 6. The lowest BCUT2D eigenvalue weighted by atomic mass is 9.49. The number of phenols is 1. The van der Waals surface area contributed by atoms with E-state index in [4.69, 9.17) is 20.8 Å². The van der Waals surface area contributed by atoms with Crippen molar-refractivity contribution in [2.24, 2.45) is 23.7 Å². The second-order valence-corrected chi connectivity index (χ2v) is 17.3. The van der Waals surface area contributed by atoms with Gasteiger partial charge in [-0.15, -0.1) is 0 Å². The van der Waals surface area contributed by atoms with Gasteiger partial charge in [-0.1, -0.05) is 71.8 Å². The Balaban J connectivity index is 1.12. The molecule has 4 amide bonds. The van der Waals surface area contributed by atoms with E-state index >= 15 is 9.59 Å². The predicted octanol–water partition coefficient (Wildman–Crippen LogP) is 9.75. The van der Waals surface area contributed by atoms with Crippen LogP contribution in [0.5, 0.6) is 11.5 Å². The molecule has 1 aromatic heterocycles. The average Bonchev–Trinajstić information content (AvgIpc) is 3.87. The van der Waals surface area contributed by atoms with Gasteiger partial charge in [0.05, 0.1) is 46.1 Å². The summed E-state index contributed by atoms with van der Waals surface area (Å²) in [6.45, 7) is 0. The lowest BCUT2D eigenvalue weighted by Crippen LogP contribution is -2.53. The summed E-state index contributed by atoms with van der Waals surface area (Å²) in [7, 11) is 1.44. The lowest BCUT2D eigenvalue weighted by molar-refractivity contribution is -0.127. The number of anilines is 2. The van der Waals surface area contributed by atoms with Crippen molar-refractivity contribution in [2.45, 2.75) is 24.2 Å². The minimum Gasteiger partial charge on any atom is -0.503 e. The van der Waals surface area contributed by atoms with E-state index in [2.05, 4.69) is 36.8 Å². The third-order valence-electron chi connectivity index (χ3n) is 12.5. The smallest absolute Gasteiger partial charge is 0.246 e. The molecule has 0 unspecified atom stereocenters. The Bertz CT molecular complexity index is 2780. The molecule has 3 fully saturated rings. The number of imide groups is 2. The average molecular weight is 934 g/mol. The lowest BCUT2D eigenvalue weighted by Gasteiger charge is -2.51. The number of aromatic hydroxyl groups is 1. The predicted molar refractivity (Wildman–Crippen MR) is 228 cm³/mol. The van der Waals surface area contributed by atoms with Gasteiger partial charge < -0.3 is 14.3 Å². The number of nitrogens with zero attached hydrogens (tertiary/aromatic N) is 3. The van der Waals surface area contributed by atoms with Gasteiger partial charge in [0.25, 0.3) is 0 Å². The van der Waals surface area contributed by atoms with E-state index in [1.165, 1.54) is 16.9 Å². The molecule has 2 saturated heterocycles. The molecule has 1 saturated carbocycles. The molecule has 0 spiro atoms. The van der Waals surface area contributed by atoms with Crippen LogP contribution < -0.4 is 14.5 Å². The van der Waals surface area contributed by atoms with Crippen LogP contribution in [-0.4, -0.2) is 40.8 Å². The summed E-state index contributed by atoms with van der Waals surface area (Å²) in [5.74, 6) is -5.12. The van der Waals surface area contributed by atoms with Crippen LogP contribution in [0.2, 0.25) is 5.02 Å². The van der Waals surface area contributed by atoms with Gasteiger partial charge in [0, 0.05) is 21.0 Å². The van der Waals surface area contributed by atoms with Crippen molar-refractivity contribution in [3.63, 3.8) is 0 Å². The fourth-order valence-corrected chi connectivity index (χ4v) is 11.2. The minimum atomic E-state index is -1.52. The number of aromatic nitrogens is 1. The van der Waals surface area contributed by atoms with Crippen LogP contribution in [0.1, 0.15) is 29.9 Å². The number of carbonyl (C=O) groups excluding carboxylic acids is 4. The SMILES string of the molecule is COc1cc([C@H]2C3=CC[C@@H]4C(=O)N(c5ccc(-c6nc7ccccc7o6)cc5)C(=O)[C@@H]4[C@@H]3C[C@H]3C(=O)N(c4cccc(Cl)c4)C(=O)[C@@]23c2ccccc2)c(Br)c(Br)c1O. The Kier molecular flexibility index (Phi) is 8.97. The van der Waals surface area contributed by atoms with E-state index < -0.39 is 46.8 Å². The van der Waals surface area contributed by atoms with Crippen molar-refractivity contribution in [3.05, 3.63) is 146 Å². The van der Waals surface area contributed by atoms with E-state index in [-0.39, 0.29) is 36.2 Å². The van der Waals surface area contributed by atoms with Crippen molar-refractivity contribution in [2.75, 3.05) is 16.9 Å². The number of halogens is 3. The summed E-state index contributed by atoms with van der Waals surface area (Å²) in [6.07, 6.45) is 2.35. The number of allylic oxidation sites excluding steroid dienone is 2. The van der Waals surface area contributed by atoms with Gasteiger partial charge in [0.15, 0.2) is 17.1 Å². The third-order valence-corrected chi connectivity index (χ3v) is 14.9. The number of hydrogen-bond acceptors (Lipinski definition) is 8. The first-order valence-electron chi connectivity index (χ1n) is 19.0. The van der Waals surface area contributed by atoms with Crippen molar-refractivity contribution >= 4 is 89.6 Å². The summed E-state index contributed by atoms with van der Waals surface area (Å²) in [4.78, 5) is 67.1. The molecule has 3 heterocycles.